The van der Waals surface area contributed by atoms with Crippen LogP contribution in [-0.4, -0.2) is 33.3 Å². The minimum Gasteiger partial charge on any atom is -0.255 e. The number of rotatable bonds is 3. The van der Waals surface area contributed by atoms with Gasteiger partial charge in [-0.05, 0) is 0 Å². The average molecular weight is 271 g/mol. The smallest absolute Gasteiger partial charge is 0.255 e. The second-order valence-corrected chi connectivity index (χ2v) is 5.33. The molecule has 1 aromatic heterocycles. The summed E-state index contributed by atoms with van der Waals surface area (Å²) in [6.45, 7) is 2.80. The Balaban J connectivity index is 1.76. The zero-order valence-electron chi connectivity index (χ0n) is 11.4. The van der Waals surface area contributed by atoms with Crippen LogP contribution in [0.2, 0.25) is 0 Å². The highest BCUT2D eigenvalue weighted by molar-refractivity contribution is 5.75. The van der Waals surface area contributed by atoms with E-state index in [9.17, 15) is 4.79 Å². The van der Waals surface area contributed by atoms with E-state index < -0.39 is 0 Å². The van der Waals surface area contributed by atoms with Gasteiger partial charge in [-0.2, -0.15) is 5.43 Å². The van der Waals surface area contributed by atoms with E-state index in [0.717, 1.165) is 32.5 Å². The maximum absolute atomic E-state index is 12.3. The minimum atomic E-state index is -0.111. The van der Waals surface area contributed by atoms with Crippen molar-refractivity contribution in [2.75, 3.05) is 13.1 Å². The maximum atomic E-state index is 12.3. The number of benzene rings is 1. The normalized spacial score (nSPS) is 17.0. The number of likely N-dealkylation sites (tertiary alicyclic amines) is 1. The van der Waals surface area contributed by atoms with Crippen molar-refractivity contribution >= 4 is 6.03 Å². The van der Waals surface area contributed by atoms with Gasteiger partial charge in [-0.15, -0.1) is 0 Å². The lowest BCUT2D eigenvalue weighted by Gasteiger charge is -2.33. The van der Waals surface area contributed by atoms with Gasteiger partial charge in [-0.25, -0.2) is 14.4 Å². The van der Waals surface area contributed by atoms with Crippen LogP contribution in [0.3, 0.4) is 0 Å². The number of carbonyl (C=O) groups is 1. The highest BCUT2D eigenvalue weighted by Gasteiger charge is 2.35. The molecular formula is C15H19N4O+. The Morgan fingerprint density at radius 3 is 2.65 bits per heavy atom. The van der Waals surface area contributed by atoms with Gasteiger partial charge in [0.2, 0.25) is 0 Å². The molecule has 5 nitrogen and oxygen atoms in total. The average Bonchev–Trinajstić information content (AvgIpc) is 3.11. The van der Waals surface area contributed by atoms with Crippen molar-refractivity contribution < 1.29 is 9.39 Å². The number of amides is 1. The fraction of sp³-hybridized carbons (Fsp3) is 0.333. The van der Waals surface area contributed by atoms with E-state index in [1.54, 1.807) is 12.4 Å². The van der Waals surface area contributed by atoms with Crippen LogP contribution in [0, 0.1) is 0 Å². The fourth-order valence-electron chi connectivity index (χ4n) is 2.82. The summed E-state index contributed by atoms with van der Waals surface area (Å²) >= 11 is 0. The van der Waals surface area contributed by atoms with Crippen LogP contribution in [0.15, 0.2) is 49.1 Å². The first-order valence-electron chi connectivity index (χ1n) is 6.98. The van der Waals surface area contributed by atoms with Crippen molar-refractivity contribution in [1.82, 2.24) is 15.0 Å². The van der Waals surface area contributed by atoms with Crippen LogP contribution >= 0.6 is 0 Å². The highest BCUT2D eigenvalue weighted by Crippen LogP contribution is 2.20. The van der Waals surface area contributed by atoms with Gasteiger partial charge in [0.25, 0.3) is 0 Å². The minimum absolute atomic E-state index is 0.111. The molecule has 0 aliphatic carbocycles. The molecule has 1 aliphatic rings. The zero-order chi connectivity index (χ0) is 13.8. The predicted octanol–water partition coefficient (Wildman–Crippen LogP) is 2.17. The zero-order valence-corrected chi connectivity index (χ0v) is 11.4. The summed E-state index contributed by atoms with van der Waals surface area (Å²) in [4.78, 5) is 16.2. The summed E-state index contributed by atoms with van der Waals surface area (Å²) < 4.78 is 2.12. The van der Waals surface area contributed by atoms with Gasteiger partial charge in [-0.1, -0.05) is 30.3 Å². The van der Waals surface area contributed by atoms with E-state index in [-0.39, 0.29) is 6.03 Å². The van der Waals surface area contributed by atoms with Gasteiger partial charge in [0.15, 0.2) is 0 Å². The number of quaternary nitrogens is 1. The van der Waals surface area contributed by atoms with E-state index in [2.05, 4.69) is 22.5 Å². The number of imidazole rings is 1. The van der Waals surface area contributed by atoms with Crippen LogP contribution in [0.1, 0.15) is 18.4 Å². The molecule has 0 radical (unpaired) electrons. The molecule has 1 amide bonds. The largest absolute Gasteiger partial charge is 0.371 e. The second-order valence-electron chi connectivity index (χ2n) is 5.33. The standard InChI is InChI=1S/C15H18N4O/c20-15(18-9-8-16-13-18)17-19(10-4-5-11-19)12-14-6-2-1-3-7-14/h1-3,6-9,13H,4-5,10-12H2/p+1. The van der Waals surface area contributed by atoms with E-state index in [0.29, 0.717) is 4.59 Å². The van der Waals surface area contributed by atoms with Crippen molar-refractivity contribution in [3.63, 3.8) is 0 Å². The lowest BCUT2D eigenvalue weighted by atomic mass is 10.2. The topological polar surface area (TPSA) is 46.9 Å². The Morgan fingerprint density at radius 2 is 2.00 bits per heavy atom. The third-order valence-electron chi connectivity index (χ3n) is 3.82. The Bertz CT molecular complexity index is 559. The number of hydrogen-bond acceptors (Lipinski definition) is 2. The monoisotopic (exact) mass is 271 g/mol. The molecule has 5 heteroatoms. The van der Waals surface area contributed by atoms with Crippen LogP contribution < -0.4 is 5.43 Å². The molecule has 1 aromatic carbocycles. The van der Waals surface area contributed by atoms with Gasteiger partial charge in [0.1, 0.15) is 26.0 Å². The first kappa shape index (κ1) is 12.9. The Kier molecular flexibility index (Phi) is 3.52. The molecule has 3 rings (SSSR count). The first-order chi connectivity index (χ1) is 9.77. The lowest BCUT2D eigenvalue weighted by Crippen LogP contribution is -2.58. The van der Waals surface area contributed by atoms with Crippen LogP contribution in [0.25, 0.3) is 0 Å². The summed E-state index contributed by atoms with van der Waals surface area (Å²) in [6, 6.07) is 10.2. The number of nitrogens with zero attached hydrogens (tertiary/aromatic N) is 3. The molecule has 0 saturated carbocycles. The first-order valence-corrected chi connectivity index (χ1v) is 6.98. The van der Waals surface area contributed by atoms with Gasteiger partial charge in [-0.3, -0.25) is 4.57 Å². The van der Waals surface area contributed by atoms with Crippen molar-refractivity contribution in [1.29, 1.82) is 0 Å². The summed E-state index contributed by atoms with van der Waals surface area (Å²) in [5.41, 5.74) is 4.42. The van der Waals surface area contributed by atoms with Crippen LogP contribution in [0.4, 0.5) is 4.79 Å². The molecule has 104 valence electrons. The predicted molar refractivity (Wildman–Crippen MR) is 75.5 cm³/mol. The number of carbonyl (C=O) groups excluding carboxylic acids is 1. The summed E-state index contributed by atoms with van der Waals surface area (Å²) in [6.07, 6.45) is 7.12. The molecule has 1 saturated heterocycles. The molecule has 0 atom stereocenters. The van der Waals surface area contributed by atoms with Crippen molar-refractivity contribution in [2.45, 2.75) is 19.4 Å². The van der Waals surface area contributed by atoms with E-state index in [1.807, 2.05) is 18.2 Å². The molecular weight excluding hydrogens is 252 g/mol. The SMILES string of the molecule is O=C(N[N+]1(Cc2ccccc2)CCCC1)n1ccnc1. The molecule has 20 heavy (non-hydrogen) atoms. The Labute approximate surface area is 118 Å². The lowest BCUT2D eigenvalue weighted by molar-refractivity contribution is -0.962. The molecule has 0 unspecified atom stereocenters. The maximum Gasteiger partial charge on any atom is 0.371 e. The third-order valence-corrected chi connectivity index (χ3v) is 3.82. The van der Waals surface area contributed by atoms with E-state index in [1.165, 1.54) is 16.5 Å². The van der Waals surface area contributed by atoms with Crippen molar-refractivity contribution in [3.05, 3.63) is 54.6 Å². The molecule has 0 bridgehead atoms. The molecule has 2 aromatic rings. The van der Waals surface area contributed by atoms with Gasteiger partial charge in [0.05, 0.1) is 0 Å². The van der Waals surface area contributed by atoms with Crippen LogP contribution in [-0.2, 0) is 6.54 Å². The Morgan fingerprint density at radius 1 is 1.25 bits per heavy atom. The van der Waals surface area contributed by atoms with Gasteiger partial charge < -0.3 is 0 Å². The quantitative estimate of drug-likeness (QED) is 0.870. The number of hydrogen-bond donors (Lipinski definition) is 1. The highest BCUT2D eigenvalue weighted by atomic mass is 16.2. The van der Waals surface area contributed by atoms with Crippen LogP contribution in [0.5, 0.6) is 0 Å². The Hall–Kier alpha value is -2.14. The molecule has 1 aliphatic heterocycles. The van der Waals surface area contributed by atoms with Crippen molar-refractivity contribution in [2.24, 2.45) is 0 Å². The number of nitrogens with one attached hydrogen (secondary N) is 1. The van der Waals surface area contributed by atoms with Gasteiger partial charge >= 0.3 is 6.03 Å². The fourth-order valence-corrected chi connectivity index (χ4v) is 2.82. The number of aromatic nitrogens is 2. The molecule has 1 fully saturated rings. The van der Waals surface area contributed by atoms with E-state index in [4.69, 9.17) is 0 Å². The van der Waals surface area contributed by atoms with Crippen molar-refractivity contribution in [3.8, 4) is 0 Å². The summed E-state index contributed by atoms with van der Waals surface area (Å²) in [7, 11) is 0. The third kappa shape index (κ3) is 2.72. The van der Waals surface area contributed by atoms with E-state index >= 15 is 0 Å². The molecule has 2 heterocycles. The second kappa shape index (κ2) is 5.46. The van der Waals surface area contributed by atoms with Gasteiger partial charge in [0, 0.05) is 30.8 Å². The summed E-state index contributed by atoms with van der Waals surface area (Å²) in [5, 5.41) is 0. The molecule has 1 N–H and O–H groups in total. The molecule has 0 spiro atoms. The summed E-state index contributed by atoms with van der Waals surface area (Å²) in [5.74, 6) is 0.